The van der Waals surface area contributed by atoms with E-state index in [0.717, 1.165) is 4.88 Å². The largest absolute Gasteiger partial charge is 0.481 e. The number of benzene rings is 1. The molecule has 188 valence electrons. The molecule has 3 aromatic rings. The van der Waals surface area contributed by atoms with E-state index in [2.05, 4.69) is 4.99 Å². The van der Waals surface area contributed by atoms with Crippen LogP contribution >= 0.6 is 34.3 Å². The van der Waals surface area contributed by atoms with E-state index in [-0.39, 0.29) is 25.4 Å². The second-order valence-electron chi connectivity index (χ2n) is 7.59. The molecular formula is C25H23ClN2O6S2. The summed E-state index contributed by atoms with van der Waals surface area (Å²) in [6, 6.07) is 8.00. The number of carbonyl (C=O) groups is 2. The number of allylic oxidation sites excluding steroid dienone is 1. The summed E-state index contributed by atoms with van der Waals surface area (Å²) in [6.07, 6.45) is 1.64. The highest BCUT2D eigenvalue weighted by Crippen LogP contribution is 2.33. The third-order valence-corrected chi connectivity index (χ3v) is 7.38. The number of hydrogen-bond donors (Lipinski definition) is 0. The Balaban J connectivity index is 1.83. The molecule has 0 aliphatic carbocycles. The van der Waals surface area contributed by atoms with Crippen molar-refractivity contribution in [2.45, 2.75) is 26.8 Å². The molecule has 0 saturated heterocycles. The van der Waals surface area contributed by atoms with Crippen molar-refractivity contribution >= 4 is 52.3 Å². The fourth-order valence-electron chi connectivity index (χ4n) is 3.75. The second kappa shape index (κ2) is 11.2. The molecule has 1 aliphatic heterocycles. The molecule has 0 spiro atoms. The van der Waals surface area contributed by atoms with Crippen LogP contribution in [0.15, 0.2) is 56.8 Å². The zero-order chi connectivity index (χ0) is 25.8. The van der Waals surface area contributed by atoms with E-state index >= 15 is 0 Å². The van der Waals surface area contributed by atoms with Crippen LogP contribution in [0.4, 0.5) is 0 Å². The van der Waals surface area contributed by atoms with Crippen molar-refractivity contribution in [3.8, 4) is 5.75 Å². The Labute approximate surface area is 219 Å². The predicted octanol–water partition coefficient (Wildman–Crippen LogP) is 3.46. The Morgan fingerprint density at radius 1 is 1.19 bits per heavy atom. The molecule has 2 aromatic heterocycles. The van der Waals surface area contributed by atoms with Gasteiger partial charge in [0, 0.05) is 15.5 Å². The summed E-state index contributed by atoms with van der Waals surface area (Å²) < 4.78 is 17.7. The fraction of sp³-hybridized carbons (Fsp3) is 0.280. The lowest BCUT2D eigenvalue weighted by Crippen LogP contribution is -2.39. The highest BCUT2D eigenvalue weighted by atomic mass is 35.5. The Kier molecular flexibility index (Phi) is 8.07. The first-order valence-electron chi connectivity index (χ1n) is 11.1. The monoisotopic (exact) mass is 546 g/mol. The number of thiophene rings is 1. The van der Waals surface area contributed by atoms with Crippen LogP contribution in [-0.4, -0.2) is 36.3 Å². The molecule has 0 radical (unpaired) electrons. The molecule has 8 nitrogen and oxygen atoms in total. The first-order chi connectivity index (χ1) is 17.3. The molecule has 0 fully saturated rings. The number of halogens is 1. The number of rotatable bonds is 8. The van der Waals surface area contributed by atoms with Crippen LogP contribution in [-0.2, 0) is 19.1 Å². The van der Waals surface area contributed by atoms with Gasteiger partial charge in [-0.05, 0) is 56.5 Å². The van der Waals surface area contributed by atoms with Crippen molar-refractivity contribution in [2.75, 3.05) is 19.8 Å². The normalized spacial score (nSPS) is 15.3. The van der Waals surface area contributed by atoms with E-state index < -0.39 is 18.0 Å². The lowest BCUT2D eigenvalue weighted by Gasteiger charge is -2.23. The molecule has 1 aliphatic rings. The van der Waals surface area contributed by atoms with E-state index in [1.54, 1.807) is 45.0 Å². The predicted molar refractivity (Wildman–Crippen MR) is 138 cm³/mol. The lowest BCUT2D eigenvalue weighted by molar-refractivity contribution is -0.145. The number of ether oxygens (including phenoxy) is 3. The first-order valence-corrected chi connectivity index (χ1v) is 13.2. The van der Waals surface area contributed by atoms with Crippen molar-refractivity contribution in [1.29, 1.82) is 0 Å². The molecule has 0 saturated carbocycles. The SMILES string of the molecule is CCOC(=O)COc1ccc(Cl)cc1/C=c1\sc2n(c1=O)[C@H](c1cccs1)C(C(=O)OCC)=C(C)N=2. The molecular weight excluding hydrogens is 524 g/mol. The van der Waals surface area contributed by atoms with E-state index in [0.29, 0.717) is 36.9 Å². The van der Waals surface area contributed by atoms with Crippen LogP contribution in [0, 0.1) is 0 Å². The number of aromatic nitrogens is 1. The number of hydrogen-bond acceptors (Lipinski definition) is 9. The van der Waals surface area contributed by atoms with Gasteiger partial charge in [0.15, 0.2) is 11.4 Å². The summed E-state index contributed by atoms with van der Waals surface area (Å²) in [7, 11) is 0. The van der Waals surface area contributed by atoms with Crippen LogP contribution in [0.1, 0.15) is 37.3 Å². The average Bonchev–Trinajstić information content (AvgIpc) is 3.47. The summed E-state index contributed by atoms with van der Waals surface area (Å²) >= 11 is 8.84. The molecule has 1 atom stereocenters. The van der Waals surface area contributed by atoms with Gasteiger partial charge >= 0.3 is 11.9 Å². The zero-order valence-corrected chi connectivity index (χ0v) is 22.2. The van der Waals surface area contributed by atoms with Gasteiger partial charge in [0.2, 0.25) is 0 Å². The van der Waals surface area contributed by atoms with E-state index in [4.69, 9.17) is 25.8 Å². The van der Waals surface area contributed by atoms with Crippen LogP contribution in [0.3, 0.4) is 0 Å². The lowest BCUT2D eigenvalue weighted by atomic mass is 10.0. The van der Waals surface area contributed by atoms with Crippen molar-refractivity contribution in [3.05, 3.63) is 82.1 Å². The van der Waals surface area contributed by atoms with Gasteiger partial charge < -0.3 is 14.2 Å². The molecule has 0 unspecified atom stereocenters. The van der Waals surface area contributed by atoms with Gasteiger partial charge in [0.05, 0.1) is 29.0 Å². The van der Waals surface area contributed by atoms with Crippen LogP contribution in [0.2, 0.25) is 5.02 Å². The quantitative estimate of drug-likeness (QED) is 0.402. The summed E-state index contributed by atoms with van der Waals surface area (Å²) in [5.74, 6) is -0.636. The third-order valence-electron chi connectivity index (χ3n) is 5.24. The van der Waals surface area contributed by atoms with Gasteiger partial charge in [-0.3, -0.25) is 9.36 Å². The number of thiazole rings is 1. The van der Waals surface area contributed by atoms with Crippen molar-refractivity contribution < 1.29 is 23.8 Å². The Hall–Kier alpha value is -3.21. The van der Waals surface area contributed by atoms with Crippen LogP contribution in [0.5, 0.6) is 5.75 Å². The van der Waals surface area contributed by atoms with Crippen molar-refractivity contribution in [2.24, 2.45) is 4.99 Å². The maximum absolute atomic E-state index is 13.7. The Bertz CT molecular complexity index is 1500. The number of fused-ring (bicyclic) bond motifs is 1. The smallest absolute Gasteiger partial charge is 0.344 e. The standard InChI is InChI=1S/C25H23ClN2O6S2/c1-4-32-20(29)13-34-17-9-8-16(26)11-15(17)12-19-23(30)28-22(18-7-6-10-35-18)21(24(31)33-5-2)14(3)27-25(28)36-19/h6-12,22H,4-5,13H2,1-3H3/b19-12-/t22-/m1/s1. The summed E-state index contributed by atoms with van der Waals surface area (Å²) in [5.41, 5.74) is 1.04. The van der Waals surface area contributed by atoms with Gasteiger partial charge in [-0.25, -0.2) is 14.6 Å². The van der Waals surface area contributed by atoms with Gasteiger partial charge in [0.25, 0.3) is 5.56 Å². The van der Waals surface area contributed by atoms with Crippen molar-refractivity contribution in [3.63, 3.8) is 0 Å². The molecule has 11 heteroatoms. The third kappa shape index (κ3) is 5.30. The number of carbonyl (C=O) groups excluding carboxylic acids is 2. The van der Waals surface area contributed by atoms with Crippen LogP contribution in [0.25, 0.3) is 6.08 Å². The molecule has 3 heterocycles. The van der Waals surface area contributed by atoms with Gasteiger partial charge in [-0.15, -0.1) is 11.3 Å². The molecule has 4 rings (SSSR count). The highest BCUT2D eigenvalue weighted by Gasteiger charge is 2.33. The first kappa shape index (κ1) is 25.9. The average molecular weight is 547 g/mol. The highest BCUT2D eigenvalue weighted by molar-refractivity contribution is 7.10. The maximum atomic E-state index is 13.7. The van der Waals surface area contributed by atoms with E-state index in [9.17, 15) is 14.4 Å². The maximum Gasteiger partial charge on any atom is 0.344 e. The minimum atomic E-state index is -0.652. The van der Waals surface area contributed by atoms with Crippen LogP contribution < -0.4 is 19.6 Å². The van der Waals surface area contributed by atoms with Crippen molar-refractivity contribution in [1.82, 2.24) is 4.57 Å². The molecule has 36 heavy (non-hydrogen) atoms. The summed E-state index contributed by atoms with van der Waals surface area (Å²) in [5, 5.41) is 2.33. The van der Waals surface area contributed by atoms with Gasteiger partial charge in [-0.2, -0.15) is 0 Å². The number of esters is 2. The van der Waals surface area contributed by atoms with Gasteiger partial charge in [0.1, 0.15) is 11.8 Å². The van der Waals surface area contributed by atoms with E-state index in [1.807, 2.05) is 17.5 Å². The fourth-order valence-corrected chi connectivity index (χ4v) is 5.79. The molecule has 0 bridgehead atoms. The molecule has 0 N–H and O–H groups in total. The van der Waals surface area contributed by atoms with Gasteiger partial charge in [-0.1, -0.05) is 29.0 Å². The minimum Gasteiger partial charge on any atom is -0.481 e. The summed E-state index contributed by atoms with van der Waals surface area (Å²) in [6.45, 7) is 5.36. The zero-order valence-electron chi connectivity index (χ0n) is 19.8. The Morgan fingerprint density at radius 2 is 1.97 bits per heavy atom. The molecule has 1 aromatic carbocycles. The second-order valence-corrected chi connectivity index (χ2v) is 10.0. The minimum absolute atomic E-state index is 0.209. The Morgan fingerprint density at radius 3 is 2.67 bits per heavy atom. The van der Waals surface area contributed by atoms with E-state index in [1.165, 1.54) is 27.2 Å². The topological polar surface area (TPSA) is 96.2 Å². The molecule has 0 amide bonds. The summed E-state index contributed by atoms with van der Waals surface area (Å²) in [4.78, 5) is 44.1. The number of nitrogens with zero attached hydrogens (tertiary/aromatic N) is 2.